The number of nitrogen functional groups attached to an aromatic ring is 1. The van der Waals surface area contributed by atoms with E-state index < -0.39 is 11.7 Å². The lowest BCUT2D eigenvalue weighted by atomic mass is 10.0. The van der Waals surface area contributed by atoms with E-state index in [1.54, 1.807) is 54.3 Å². The first-order valence-corrected chi connectivity index (χ1v) is 12.8. The van der Waals surface area contributed by atoms with Gasteiger partial charge in [0.15, 0.2) is 0 Å². The van der Waals surface area contributed by atoms with E-state index >= 15 is 0 Å². The van der Waals surface area contributed by atoms with Crippen molar-refractivity contribution in [3.05, 3.63) is 129 Å². The van der Waals surface area contributed by atoms with E-state index in [1.807, 2.05) is 12.1 Å². The summed E-state index contributed by atoms with van der Waals surface area (Å²) in [6.07, 6.45) is -4.24. The van der Waals surface area contributed by atoms with Crippen molar-refractivity contribution in [3.63, 3.8) is 0 Å². The second-order valence-corrected chi connectivity index (χ2v) is 9.84. The number of ether oxygens (including phenoxy) is 1. The molecule has 4 aromatic rings. The molecule has 4 aromatic carbocycles. The van der Waals surface area contributed by atoms with Gasteiger partial charge in [0.2, 0.25) is 0 Å². The first-order valence-electron chi connectivity index (χ1n) is 12.5. The number of carbonyl (C=O) groups excluding carboxylic acids is 1. The molecule has 0 aliphatic carbocycles. The van der Waals surface area contributed by atoms with E-state index in [2.05, 4.69) is 0 Å². The molecule has 0 fully saturated rings. The molecule has 2 N–H and O–H groups in total. The maximum absolute atomic E-state index is 13.7. The molecule has 1 amide bonds. The molecular formula is C31H27ClF4N2O2. The van der Waals surface area contributed by atoms with E-state index in [0.717, 1.165) is 23.3 Å². The molecule has 0 bridgehead atoms. The molecule has 0 spiro atoms. The highest BCUT2D eigenvalue weighted by atomic mass is 35.5. The second-order valence-electron chi connectivity index (χ2n) is 9.40. The Hall–Kier alpha value is -4.04. The van der Waals surface area contributed by atoms with Crippen LogP contribution in [0.4, 0.5) is 23.2 Å². The standard InChI is InChI=1S/C31H27ClF4N2O2/c1-20-28(16-25(32)17-29(20)37)30(39)38(14-13-21-3-2-4-24(15-21)31(34,35)36)18-22-7-11-27(12-8-22)40-19-23-5-9-26(33)10-6-23/h2-12,15-17H,13-14,18-19,37H2,1H3. The third kappa shape index (κ3) is 7.54. The van der Waals surface area contributed by atoms with Gasteiger partial charge in [-0.15, -0.1) is 0 Å². The van der Waals surface area contributed by atoms with Gasteiger partial charge in [-0.3, -0.25) is 4.79 Å². The average Bonchev–Trinajstić information content (AvgIpc) is 2.92. The monoisotopic (exact) mass is 570 g/mol. The van der Waals surface area contributed by atoms with Gasteiger partial charge in [-0.1, -0.05) is 54.1 Å². The van der Waals surface area contributed by atoms with E-state index in [9.17, 15) is 22.4 Å². The molecule has 0 radical (unpaired) electrons. The van der Waals surface area contributed by atoms with Gasteiger partial charge in [-0.25, -0.2) is 4.39 Å². The minimum atomic E-state index is -4.46. The van der Waals surface area contributed by atoms with E-state index in [-0.39, 0.29) is 37.8 Å². The smallest absolute Gasteiger partial charge is 0.416 e. The summed E-state index contributed by atoms with van der Waals surface area (Å²) >= 11 is 6.17. The number of benzene rings is 4. The zero-order chi connectivity index (χ0) is 28.9. The molecule has 0 saturated heterocycles. The topological polar surface area (TPSA) is 55.6 Å². The molecule has 40 heavy (non-hydrogen) atoms. The molecule has 0 saturated carbocycles. The van der Waals surface area contributed by atoms with Crippen molar-refractivity contribution < 1.29 is 27.1 Å². The van der Waals surface area contributed by atoms with E-state index in [0.29, 0.717) is 33.1 Å². The fourth-order valence-corrected chi connectivity index (χ4v) is 4.40. The highest BCUT2D eigenvalue weighted by molar-refractivity contribution is 6.31. The van der Waals surface area contributed by atoms with Crippen molar-refractivity contribution in [1.29, 1.82) is 0 Å². The van der Waals surface area contributed by atoms with Gasteiger partial charge in [0.05, 0.1) is 5.56 Å². The summed E-state index contributed by atoms with van der Waals surface area (Å²) in [5.41, 5.74) is 8.63. The van der Waals surface area contributed by atoms with Crippen LogP contribution < -0.4 is 10.5 Å². The number of rotatable bonds is 9. The molecule has 0 heterocycles. The molecule has 4 nitrogen and oxygen atoms in total. The predicted molar refractivity (Wildman–Crippen MR) is 148 cm³/mol. The SMILES string of the molecule is Cc1c(N)cc(Cl)cc1C(=O)N(CCc1cccc(C(F)(F)F)c1)Cc1ccc(OCc2ccc(F)cc2)cc1. The molecule has 9 heteroatoms. The summed E-state index contributed by atoms with van der Waals surface area (Å²) in [7, 11) is 0. The highest BCUT2D eigenvalue weighted by Gasteiger charge is 2.30. The maximum Gasteiger partial charge on any atom is 0.416 e. The van der Waals surface area contributed by atoms with Crippen LogP contribution in [0.1, 0.15) is 38.2 Å². The van der Waals surface area contributed by atoms with Crippen molar-refractivity contribution in [2.75, 3.05) is 12.3 Å². The van der Waals surface area contributed by atoms with Gasteiger partial charge >= 0.3 is 6.18 Å². The zero-order valence-corrected chi connectivity index (χ0v) is 22.4. The quantitative estimate of drug-likeness (QED) is 0.165. The van der Waals surface area contributed by atoms with Gasteiger partial charge in [0.1, 0.15) is 18.2 Å². The van der Waals surface area contributed by atoms with Crippen LogP contribution in [0, 0.1) is 12.7 Å². The number of hydrogen-bond donors (Lipinski definition) is 1. The van der Waals surface area contributed by atoms with E-state index in [4.69, 9.17) is 22.1 Å². The van der Waals surface area contributed by atoms with Crippen LogP contribution in [0.2, 0.25) is 5.02 Å². The lowest BCUT2D eigenvalue weighted by Gasteiger charge is -2.25. The summed E-state index contributed by atoms with van der Waals surface area (Å²) in [6, 6.07) is 21.3. The molecule has 0 unspecified atom stereocenters. The normalized spacial score (nSPS) is 11.3. The third-order valence-electron chi connectivity index (χ3n) is 6.47. The molecule has 0 atom stereocenters. The van der Waals surface area contributed by atoms with Gasteiger partial charge in [0, 0.05) is 29.4 Å². The van der Waals surface area contributed by atoms with Crippen LogP contribution in [0.25, 0.3) is 0 Å². The van der Waals surface area contributed by atoms with Crippen LogP contribution in [0.5, 0.6) is 5.75 Å². The molecule has 208 valence electrons. The Labute approximate surface area is 234 Å². The zero-order valence-electron chi connectivity index (χ0n) is 21.6. The number of halogens is 5. The minimum Gasteiger partial charge on any atom is -0.489 e. The number of hydrogen-bond acceptors (Lipinski definition) is 3. The van der Waals surface area contributed by atoms with Gasteiger partial charge in [0.25, 0.3) is 5.91 Å². The predicted octanol–water partition coefficient (Wildman–Crippen LogP) is 7.85. The Morgan fingerprint density at radius 3 is 2.27 bits per heavy atom. The number of nitrogens with zero attached hydrogens (tertiary/aromatic N) is 1. The van der Waals surface area contributed by atoms with Crippen molar-refractivity contribution in [2.24, 2.45) is 0 Å². The third-order valence-corrected chi connectivity index (χ3v) is 6.69. The first kappa shape index (κ1) is 29.0. The Morgan fingerprint density at radius 2 is 1.60 bits per heavy atom. The lowest BCUT2D eigenvalue weighted by Crippen LogP contribution is -2.33. The largest absolute Gasteiger partial charge is 0.489 e. The van der Waals surface area contributed by atoms with Gasteiger partial charge in [-0.05, 0) is 78.1 Å². The summed E-state index contributed by atoms with van der Waals surface area (Å²) in [6.45, 7) is 2.34. The van der Waals surface area contributed by atoms with Crippen LogP contribution in [0.15, 0.2) is 84.9 Å². The Morgan fingerprint density at radius 1 is 0.925 bits per heavy atom. The average molecular weight is 571 g/mol. The van der Waals surface area contributed by atoms with Gasteiger partial charge in [-0.2, -0.15) is 13.2 Å². The Bertz CT molecular complexity index is 1470. The van der Waals surface area contributed by atoms with E-state index in [1.165, 1.54) is 18.2 Å². The number of amides is 1. The summed E-state index contributed by atoms with van der Waals surface area (Å²) in [5, 5.41) is 0.312. The van der Waals surface area contributed by atoms with Crippen LogP contribution in [-0.2, 0) is 25.7 Å². The summed E-state index contributed by atoms with van der Waals surface area (Å²) in [4.78, 5) is 15.2. The maximum atomic E-state index is 13.7. The van der Waals surface area contributed by atoms with Crippen LogP contribution in [0.3, 0.4) is 0 Å². The second kappa shape index (κ2) is 12.4. The summed E-state index contributed by atoms with van der Waals surface area (Å²) in [5.74, 6) is -0.0698. The van der Waals surface area contributed by atoms with Crippen LogP contribution in [-0.4, -0.2) is 17.4 Å². The molecule has 0 aliphatic heterocycles. The fraction of sp³-hybridized carbons (Fsp3) is 0.194. The van der Waals surface area contributed by atoms with Crippen molar-refractivity contribution in [3.8, 4) is 5.75 Å². The summed E-state index contributed by atoms with van der Waals surface area (Å²) < 4.78 is 58.5. The molecular weight excluding hydrogens is 544 g/mol. The highest BCUT2D eigenvalue weighted by Crippen LogP contribution is 2.30. The Kier molecular flexibility index (Phi) is 9.00. The van der Waals surface area contributed by atoms with Crippen molar-refractivity contribution in [1.82, 2.24) is 4.90 Å². The number of alkyl halides is 3. The first-order chi connectivity index (χ1) is 19.0. The minimum absolute atomic E-state index is 0.162. The number of carbonyl (C=O) groups is 1. The number of nitrogens with two attached hydrogens (primary N) is 1. The van der Waals surface area contributed by atoms with Gasteiger partial charge < -0.3 is 15.4 Å². The van der Waals surface area contributed by atoms with Crippen molar-refractivity contribution >= 4 is 23.2 Å². The van der Waals surface area contributed by atoms with Crippen molar-refractivity contribution in [2.45, 2.75) is 32.7 Å². The molecule has 0 aromatic heterocycles. The molecule has 0 aliphatic rings. The lowest BCUT2D eigenvalue weighted by molar-refractivity contribution is -0.137. The fourth-order valence-electron chi connectivity index (χ4n) is 4.17. The number of anilines is 1. The molecule has 4 rings (SSSR count). The van der Waals surface area contributed by atoms with Crippen LogP contribution >= 0.6 is 11.6 Å². The Balaban J connectivity index is 1.52.